The third-order valence-corrected chi connectivity index (χ3v) is 4.06. The molecule has 130 valence electrons. The normalized spacial score (nSPS) is 10.5. The molecule has 0 saturated carbocycles. The summed E-state index contributed by atoms with van der Waals surface area (Å²) in [7, 11) is 0. The van der Waals surface area contributed by atoms with Crippen LogP contribution in [0.15, 0.2) is 23.6 Å². The molecule has 0 radical (unpaired) electrons. The summed E-state index contributed by atoms with van der Waals surface area (Å²) in [6.45, 7) is 4.25. The van der Waals surface area contributed by atoms with E-state index in [4.69, 9.17) is 37.5 Å². The third kappa shape index (κ3) is 4.98. The van der Waals surface area contributed by atoms with Gasteiger partial charge in [0.15, 0.2) is 0 Å². The minimum Gasteiger partial charge on any atom is -0.486 e. The molecule has 0 spiro atoms. The molecular formula is C15H16Cl2N2O4S. The van der Waals surface area contributed by atoms with Crippen molar-refractivity contribution < 1.29 is 19.1 Å². The molecule has 1 aromatic carbocycles. The number of rotatable bonds is 7. The molecule has 1 aromatic heterocycles. The molecule has 6 nitrogen and oxygen atoms in total. The number of hydroxylamine groups is 1. The molecule has 0 saturated heterocycles. The average molecular weight is 391 g/mol. The number of benzene rings is 1. The highest BCUT2D eigenvalue weighted by molar-refractivity contribution is 7.13. The molecule has 0 bridgehead atoms. The molecule has 0 aliphatic heterocycles. The quantitative estimate of drug-likeness (QED) is 0.626. The summed E-state index contributed by atoms with van der Waals surface area (Å²) in [4.78, 5) is 21.5. The van der Waals surface area contributed by atoms with Crippen LogP contribution in [-0.2, 0) is 16.2 Å². The third-order valence-electron chi connectivity index (χ3n) is 2.67. The molecule has 0 aliphatic rings. The first-order valence-corrected chi connectivity index (χ1v) is 8.80. The molecule has 2 rings (SSSR count). The lowest BCUT2D eigenvalue weighted by molar-refractivity contribution is 0.0833. The van der Waals surface area contributed by atoms with Crippen LogP contribution in [0.5, 0.6) is 5.75 Å². The smallest absolute Gasteiger partial charge is 0.441 e. The lowest BCUT2D eigenvalue weighted by Gasteiger charge is -2.16. The van der Waals surface area contributed by atoms with Gasteiger partial charge in [0.1, 0.15) is 12.4 Å². The van der Waals surface area contributed by atoms with Crippen LogP contribution in [0.25, 0.3) is 0 Å². The van der Waals surface area contributed by atoms with Crippen LogP contribution in [0.4, 0.5) is 9.93 Å². The Morgan fingerprint density at radius 2 is 2.08 bits per heavy atom. The predicted octanol–water partition coefficient (Wildman–Crippen LogP) is 4.94. The van der Waals surface area contributed by atoms with E-state index in [9.17, 15) is 4.79 Å². The van der Waals surface area contributed by atoms with Gasteiger partial charge in [0, 0.05) is 10.4 Å². The maximum Gasteiger partial charge on any atom is 0.441 e. The van der Waals surface area contributed by atoms with E-state index in [1.807, 2.05) is 0 Å². The number of carbonyl (C=O) groups excluding carboxylic acids is 1. The first-order chi connectivity index (χ1) is 11.5. The van der Waals surface area contributed by atoms with Crippen LogP contribution in [0.2, 0.25) is 10.0 Å². The number of hydrogen-bond acceptors (Lipinski definition) is 6. The van der Waals surface area contributed by atoms with Crippen molar-refractivity contribution in [3.8, 4) is 5.75 Å². The van der Waals surface area contributed by atoms with Gasteiger partial charge in [-0.25, -0.2) is 9.78 Å². The Kier molecular flexibility index (Phi) is 7.11. The second-order valence-corrected chi connectivity index (χ2v) is 6.08. The van der Waals surface area contributed by atoms with E-state index in [1.165, 1.54) is 11.3 Å². The van der Waals surface area contributed by atoms with Crippen LogP contribution < -0.4 is 9.80 Å². The molecular weight excluding hydrogens is 375 g/mol. The topological polar surface area (TPSA) is 60.9 Å². The zero-order valence-electron chi connectivity index (χ0n) is 13.1. The fraction of sp³-hybridized carbons (Fsp3) is 0.333. The number of nitrogens with zero attached hydrogens (tertiary/aromatic N) is 2. The monoisotopic (exact) mass is 390 g/mol. The molecule has 0 N–H and O–H groups in total. The van der Waals surface area contributed by atoms with Crippen molar-refractivity contribution in [3.63, 3.8) is 0 Å². The fourth-order valence-electron chi connectivity index (χ4n) is 1.70. The van der Waals surface area contributed by atoms with Crippen LogP contribution in [0.1, 0.15) is 19.5 Å². The Labute approximate surface area is 153 Å². The van der Waals surface area contributed by atoms with Crippen molar-refractivity contribution >= 4 is 45.8 Å². The van der Waals surface area contributed by atoms with Gasteiger partial charge in [-0.3, -0.25) is 4.84 Å². The molecule has 0 unspecified atom stereocenters. The lowest BCUT2D eigenvalue weighted by atomic mass is 10.3. The zero-order chi connectivity index (χ0) is 17.5. The van der Waals surface area contributed by atoms with E-state index in [-0.39, 0.29) is 13.2 Å². The Bertz CT molecular complexity index is 696. The maximum absolute atomic E-state index is 11.9. The Morgan fingerprint density at radius 1 is 1.29 bits per heavy atom. The zero-order valence-corrected chi connectivity index (χ0v) is 15.5. The van der Waals surface area contributed by atoms with E-state index in [1.54, 1.807) is 37.4 Å². The summed E-state index contributed by atoms with van der Waals surface area (Å²) >= 11 is 13.1. The molecule has 9 heteroatoms. The number of anilines is 1. The molecule has 2 aromatic rings. The summed E-state index contributed by atoms with van der Waals surface area (Å²) in [5, 5.41) is 4.12. The summed E-state index contributed by atoms with van der Waals surface area (Å²) < 4.78 is 10.6. The first kappa shape index (κ1) is 18.8. The fourth-order valence-corrected chi connectivity index (χ4v) is 2.92. The number of aromatic nitrogens is 1. The largest absolute Gasteiger partial charge is 0.486 e. The standard InChI is InChI=1S/C15H16Cl2N2O4S/c1-3-21-15(20)19(23-4-2)14-18-11(9-24-14)8-22-13-6-5-10(16)7-12(13)17/h5-7,9H,3-4,8H2,1-2H3. The van der Waals surface area contributed by atoms with Gasteiger partial charge in [-0.2, -0.15) is 0 Å². The summed E-state index contributed by atoms with van der Waals surface area (Å²) in [5.74, 6) is 0.502. The second-order valence-electron chi connectivity index (χ2n) is 4.40. The van der Waals surface area contributed by atoms with Crippen molar-refractivity contribution in [2.75, 3.05) is 18.3 Å². The van der Waals surface area contributed by atoms with Gasteiger partial charge >= 0.3 is 6.09 Å². The van der Waals surface area contributed by atoms with Crippen LogP contribution >= 0.6 is 34.5 Å². The van der Waals surface area contributed by atoms with Gasteiger partial charge in [0.05, 0.1) is 23.9 Å². The predicted molar refractivity (Wildman–Crippen MR) is 94.0 cm³/mol. The summed E-state index contributed by atoms with van der Waals surface area (Å²) in [6, 6.07) is 4.97. The van der Waals surface area contributed by atoms with Gasteiger partial charge in [0.25, 0.3) is 0 Å². The number of halogens is 2. The second kappa shape index (κ2) is 9.08. The minimum atomic E-state index is -0.609. The van der Waals surface area contributed by atoms with Crippen LogP contribution in [0.3, 0.4) is 0 Å². The number of hydrogen-bond donors (Lipinski definition) is 0. The van der Waals surface area contributed by atoms with Gasteiger partial charge in [-0.1, -0.05) is 23.2 Å². The van der Waals surface area contributed by atoms with Gasteiger partial charge in [-0.05, 0) is 32.0 Å². The SMILES string of the molecule is CCOC(=O)N(OCC)c1nc(COc2ccc(Cl)cc2Cl)cs1. The Morgan fingerprint density at radius 3 is 2.75 bits per heavy atom. The Hall–Kier alpha value is -1.54. The van der Waals surface area contributed by atoms with E-state index in [0.717, 1.165) is 5.06 Å². The molecule has 1 amide bonds. The molecule has 1 heterocycles. The van der Waals surface area contributed by atoms with Gasteiger partial charge in [-0.15, -0.1) is 16.4 Å². The van der Waals surface area contributed by atoms with Crippen LogP contribution in [0, 0.1) is 0 Å². The lowest BCUT2D eigenvalue weighted by Crippen LogP contribution is -2.31. The van der Waals surface area contributed by atoms with Gasteiger partial charge < -0.3 is 9.47 Å². The molecule has 0 fully saturated rings. The summed E-state index contributed by atoms with van der Waals surface area (Å²) in [5.41, 5.74) is 0.634. The van der Waals surface area contributed by atoms with E-state index in [2.05, 4.69) is 4.98 Å². The van der Waals surface area contributed by atoms with Crippen molar-refractivity contribution in [2.45, 2.75) is 20.5 Å². The highest BCUT2D eigenvalue weighted by atomic mass is 35.5. The maximum atomic E-state index is 11.9. The molecule has 24 heavy (non-hydrogen) atoms. The van der Waals surface area contributed by atoms with Gasteiger partial charge in [0.2, 0.25) is 5.13 Å². The van der Waals surface area contributed by atoms with Crippen molar-refractivity contribution in [1.29, 1.82) is 0 Å². The number of amides is 1. The highest BCUT2D eigenvalue weighted by Gasteiger charge is 2.21. The Balaban J connectivity index is 2.04. The van der Waals surface area contributed by atoms with Crippen molar-refractivity contribution in [3.05, 3.63) is 39.3 Å². The highest BCUT2D eigenvalue weighted by Crippen LogP contribution is 2.29. The van der Waals surface area contributed by atoms with Crippen LogP contribution in [-0.4, -0.2) is 24.3 Å². The first-order valence-electron chi connectivity index (χ1n) is 7.17. The average Bonchev–Trinajstić information content (AvgIpc) is 3.00. The number of ether oxygens (including phenoxy) is 2. The summed E-state index contributed by atoms with van der Waals surface area (Å²) in [6.07, 6.45) is -0.609. The minimum absolute atomic E-state index is 0.195. The van der Waals surface area contributed by atoms with E-state index < -0.39 is 6.09 Å². The number of thiazole rings is 1. The van der Waals surface area contributed by atoms with E-state index >= 15 is 0 Å². The van der Waals surface area contributed by atoms with Crippen molar-refractivity contribution in [1.82, 2.24) is 4.98 Å². The van der Waals surface area contributed by atoms with E-state index in [0.29, 0.717) is 33.2 Å². The molecule has 0 aliphatic carbocycles. The number of carbonyl (C=O) groups is 1. The molecule has 0 atom stereocenters. The van der Waals surface area contributed by atoms with Crippen molar-refractivity contribution in [2.24, 2.45) is 0 Å².